The zero-order valence-electron chi connectivity index (χ0n) is 18.1. The summed E-state index contributed by atoms with van der Waals surface area (Å²) in [4.78, 5) is 12.7. The summed E-state index contributed by atoms with van der Waals surface area (Å²) in [6.45, 7) is 6.13. The van der Waals surface area contributed by atoms with Gasteiger partial charge in [-0.25, -0.2) is 4.39 Å². The highest BCUT2D eigenvalue weighted by Gasteiger charge is 2.34. The third-order valence-electron chi connectivity index (χ3n) is 5.51. The number of aryl methyl sites for hydroxylation is 1. The van der Waals surface area contributed by atoms with Gasteiger partial charge < -0.3 is 20.7 Å². The molecule has 5 nitrogen and oxygen atoms in total. The molecule has 0 spiro atoms. The Balaban J connectivity index is 1.84. The fourth-order valence-electron chi connectivity index (χ4n) is 3.83. The number of carbonyl (C=O) groups excluding carboxylic acids is 1. The van der Waals surface area contributed by atoms with Gasteiger partial charge in [0.2, 0.25) is 5.91 Å². The highest BCUT2D eigenvalue weighted by atomic mass is 19.1. The quantitative estimate of drug-likeness (QED) is 0.506. The first-order valence-corrected chi connectivity index (χ1v) is 10.2. The van der Waals surface area contributed by atoms with E-state index in [1.165, 1.54) is 12.1 Å². The Bertz CT molecular complexity index is 1160. The van der Waals surface area contributed by atoms with E-state index in [4.69, 9.17) is 4.74 Å². The molecular formula is C25H26FN3O2. The van der Waals surface area contributed by atoms with Gasteiger partial charge in [-0.2, -0.15) is 0 Å². The first-order valence-electron chi connectivity index (χ1n) is 10.2. The molecule has 3 aromatic rings. The zero-order valence-corrected chi connectivity index (χ0v) is 18.1. The normalized spacial score (nSPS) is 14.3. The second kappa shape index (κ2) is 7.95. The van der Waals surface area contributed by atoms with Gasteiger partial charge in [-0.1, -0.05) is 18.2 Å². The van der Waals surface area contributed by atoms with Crippen molar-refractivity contribution in [3.05, 3.63) is 71.5 Å². The predicted molar refractivity (Wildman–Crippen MR) is 123 cm³/mol. The maximum Gasteiger partial charge on any atom is 0.249 e. The van der Waals surface area contributed by atoms with Crippen molar-refractivity contribution < 1.29 is 13.9 Å². The van der Waals surface area contributed by atoms with Gasteiger partial charge in [0.15, 0.2) is 0 Å². The van der Waals surface area contributed by atoms with Crippen LogP contribution in [0.2, 0.25) is 0 Å². The molecule has 0 saturated carbocycles. The van der Waals surface area contributed by atoms with Crippen LogP contribution < -0.4 is 20.7 Å². The summed E-state index contributed by atoms with van der Waals surface area (Å²) in [7, 11) is 1.56. The van der Waals surface area contributed by atoms with Gasteiger partial charge in [-0.05, 0) is 68.3 Å². The molecule has 1 amide bonds. The lowest BCUT2D eigenvalue weighted by Crippen LogP contribution is -2.47. The van der Waals surface area contributed by atoms with Crippen LogP contribution in [-0.2, 0) is 11.3 Å². The van der Waals surface area contributed by atoms with Crippen molar-refractivity contribution in [2.75, 3.05) is 23.1 Å². The molecule has 6 heteroatoms. The molecule has 0 bridgehead atoms. The van der Waals surface area contributed by atoms with Gasteiger partial charge in [0.1, 0.15) is 17.1 Å². The van der Waals surface area contributed by atoms with Crippen molar-refractivity contribution in [3.8, 4) is 16.9 Å². The number of rotatable bonds is 5. The summed E-state index contributed by atoms with van der Waals surface area (Å²) in [5.41, 5.74) is 5.15. The summed E-state index contributed by atoms with van der Waals surface area (Å²) >= 11 is 0. The Morgan fingerprint density at radius 1 is 1.06 bits per heavy atom. The van der Waals surface area contributed by atoms with Crippen LogP contribution in [0.3, 0.4) is 0 Å². The standard InChI is InChI=1S/C25H26FN3O2/c1-15-6-5-7-17(12-15)27-14-20-18(19-13-16(26)8-11-22(19)31-4)9-10-21-23(20)28-24(30)25(2,3)29-21/h5-13,27,29H,14H2,1-4H3,(H,28,30). The largest absolute Gasteiger partial charge is 0.496 e. The van der Waals surface area contributed by atoms with E-state index in [1.54, 1.807) is 13.2 Å². The van der Waals surface area contributed by atoms with Crippen LogP contribution in [0, 0.1) is 12.7 Å². The average Bonchev–Trinajstić information content (AvgIpc) is 2.73. The van der Waals surface area contributed by atoms with Crippen molar-refractivity contribution in [2.45, 2.75) is 32.9 Å². The molecule has 1 aliphatic rings. The van der Waals surface area contributed by atoms with Crippen LogP contribution in [0.4, 0.5) is 21.5 Å². The lowest BCUT2D eigenvalue weighted by atomic mass is 9.92. The van der Waals surface area contributed by atoms with E-state index in [9.17, 15) is 9.18 Å². The minimum absolute atomic E-state index is 0.125. The van der Waals surface area contributed by atoms with Gasteiger partial charge in [0, 0.05) is 23.4 Å². The Morgan fingerprint density at radius 2 is 1.87 bits per heavy atom. The van der Waals surface area contributed by atoms with Crippen LogP contribution in [0.15, 0.2) is 54.6 Å². The Labute approximate surface area is 181 Å². The maximum absolute atomic E-state index is 14.1. The number of hydrogen-bond donors (Lipinski definition) is 3. The molecule has 0 unspecified atom stereocenters. The fraction of sp³-hybridized carbons (Fsp3) is 0.240. The number of anilines is 3. The lowest BCUT2D eigenvalue weighted by molar-refractivity contribution is -0.119. The molecule has 3 aromatic carbocycles. The number of fused-ring (bicyclic) bond motifs is 1. The first kappa shape index (κ1) is 20.7. The third-order valence-corrected chi connectivity index (χ3v) is 5.51. The molecule has 0 radical (unpaired) electrons. The average molecular weight is 420 g/mol. The van der Waals surface area contributed by atoms with Gasteiger partial charge in [-0.15, -0.1) is 0 Å². The van der Waals surface area contributed by atoms with Crippen LogP contribution in [0.25, 0.3) is 11.1 Å². The Hall–Kier alpha value is -3.54. The summed E-state index contributed by atoms with van der Waals surface area (Å²) in [5.74, 6) is 0.0863. The highest BCUT2D eigenvalue weighted by molar-refractivity contribution is 6.07. The highest BCUT2D eigenvalue weighted by Crippen LogP contribution is 2.42. The van der Waals surface area contributed by atoms with Crippen molar-refractivity contribution in [1.82, 2.24) is 0 Å². The van der Waals surface area contributed by atoms with Crippen molar-refractivity contribution in [3.63, 3.8) is 0 Å². The van der Waals surface area contributed by atoms with Gasteiger partial charge in [0.05, 0.1) is 18.5 Å². The molecule has 0 aliphatic carbocycles. The summed E-state index contributed by atoms with van der Waals surface area (Å²) in [6, 6.07) is 16.3. The maximum atomic E-state index is 14.1. The molecule has 1 heterocycles. The molecule has 3 N–H and O–H groups in total. The van der Waals surface area contributed by atoms with Crippen molar-refractivity contribution in [2.24, 2.45) is 0 Å². The van der Waals surface area contributed by atoms with Crippen molar-refractivity contribution in [1.29, 1.82) is 0 Å². The van der Waals surface area contributed by atoms with Gasteiger partial charge in [0.25, 0.3) is 0 Å². The number of carbonyl (C=O) groups is 1. The number of ether oxygens (including phenoxy) is 1. The fourth-order valence-corrected chi connectivity index (χ4v) is 3.83. The van der Waals surface area contributed by atoms with E-state index in [2.05, 4.69) is 22.0 Å². The SMILES string of the molecule is COc1ccc(F)cc1-c1ccc2c(c1CNc1cccc(C)c1)NC(=O)C(C)(C)N2. The molecular weight excluding hydrogens is 393 g/mol. The molecule has 0 atom stereocenters. The zero-order chi connectivity index (χ0) is 22.2. The second-order valence-electron chi connectivity index (χ2n) is 8.29. The minimum Gasteiger partial charge on any atom is -0.496 e. The number of halogens is 1. The molecule has 1 aliphatic heterocycles. The minimum atomic E-state index is -0.730. The van der Waals surface area contributed by atoms with E-state index in [-0.39, 0.29) is 11.7 Å². The molecule has 160 valence electrons. The first-order chi connectivity index (χ1) is 14.8. The van der Waals surface area contributed by atoms with E-state index < -0.39 is 5.54 Å². The van der Waals surface area contributed by atoms with E-state index in [0.29, 0.717) is 23.5 Å². The van der Waals surface area contributed by atoms with E-state index in [0.717, 1.165) is 28.1 Å². The van der Waals surface area contributed by atoms with Crippen LogP contribution in [0.5, 0.6) is 5.75 Å². The molecule has 0 saturated heterocycles. The number of methoxy groups -OCH3 is 1. The Kier molecular flexibility index (Phi) is 5.31. The number of amides is 1. The smallest absolute Gasteiger partial charge is 0.249 e. The molecule has 0 fully saturated rings. The second-order valence-corrected chi connectivity index (χ2v) is 8.29. The van der Waals surface area contributed by atoms with Crippen LogP contribution in [-0.4, -0.2) is 18.6 Å². The van der Waals surface area contributed by atoms with E-state index >= 15 is 0 Å². The van der Waals surface area contributed by atoms with Crippen LogP contribution in [0.1, 0.15) is 25.0 Å². The molecule has 31 heavy (non-hydrogen) atoms. The summed E-state index contributed by atoms with van der Waals surface area (Å²) in [5, 5.41) is 9.80. The van der Waals surface area contributed by atoms with E-state index in [1.807, 2.05) is 51.1 Å². The summed E-state index contributed by atoms with van der Waals surface area (Å²) in [6.07, 6.45) is 0. The Morgan fingerprint density at radius 3 is 2.61 bits per heavy atom. The predicted octanol–water partition coefficient (Wildman–Crippen LogP) is 5.56. The van der Waals surface area contributed by atoms with Gasteiger partial charge in [-0.3, -0.25) is 4.79 Å². The number of benzene rings is 3. The van der Waals surface area contributed by atoms with Gasteiger partial charge >= 0.3 is 0 Å². The molecule has 4 rings (SSSR count). The van der Waals surface area contributed by atoms with Crippen LogP contribution >= 0.6 is 0 Å². The molecule has 0 aromatic heterocycles. The topological polar surface area (TPSA) is 62.4 Å². The third kappa shape index (κ3) is 4.06. The lowest BCUT2D eigenvalue weighted by Gasteiger charge is -2.34. The monoisotopic (exact) mass is 419 g/mol. The number of hydrogen-bond acceptors (Lipinski definition) is 4. The number of nitrogens with one attached hydrogen (secondary N) is 3. The van der Waals surface area contributed by atoms with Crippen molar-refractivity contribution >= 4 is 23.0 Å². The summed E-state index contributed by atoms with van der Waals surface area (Å²) < 4.78 is 19.6.